The Morgan fingerprint density at radius 2 is 1.94 bits per heavy atom. The largest absolute Gasteiger partial charge is 0.744 e. The standard InChI is InChI=1S/C6H8N2O3S.C3H7N/c7-4-1-2-6(5(8)3-4)12(9,10)11;1-2-3-4/h1-3H,7-8H2,(H,9,10,11);2H,1,3-4H2. The first kappa shape index (κ1) is 14.4. The lowest BCUT2D eigenvalue weighted by Gasteiger charge is -2.09. The molecule has 0 heterocycles. The molecule has 0 bridgehead atoms. The van der Waals surface area contributed by atoms with E-state index in [4.69, 9.17) is 11.5 Å². The second-order valence-electron chi connectivity index (χ2n) is 2.83. The Balaban J connectivity index is 0.000000487. The lowest BCUT2D eigenvalue weighted by atomic mass is 10.3. The zero-order valence-corrected chi connectivity index (χ0v) is 9.53. The Kier molecular flexibility index (Phi) is 5.51. The summed E-state index contributed by atoms with van der Waals surface area (Å²) < 4.78 is 31.5. The van der Waals surface area contributed by atoms with Gasteiger partial charge in [0.15, 0.2) is 0 Å². The van der Waals surface area contributed by atoms with Gasteiger partial charge in [-0.3, -0.25) is 0 Å². The van der Waals surface area contributed by atoms with Gasteiger partial charge in [0, 0.05) is 5.69 Å². The molecule has 0 aliphatic carbocycles. The molecule has 0 aliphatic rings. The number of anilines is 2. The van der Waals surface area contributed by atoms with Gasteiger partial charge in [0.1, 0.15) is 10.1 Å². The average molecular weight is 245 g/mol. The third-order valence-corrected chi connectivity index (χ3v) is 2.42. The van der Waals surface area contributed by atoms with E-state index < -0.39 is 15.0 Å². The van der Waals surface area contributed by atoms with Crippen molar-refractivity contribution in [2.24, 2.45) is 0 Å². The number of hydrogen-bond acceptors (Lipinski definition) is 5. The third kappa shape index (κ3) is 4.78. The van der Waals surface area contributed by atoms with Gasteiger partial charge in [-0.05, 0) is 24.3 Å². The van der Waals surface area contributed by atoms with Crippen molar-refractivity contribution < 1.29 is 18.7 Å². The molecule has 0 saturated heterocycles. The first-order chi connectivity index (χ1) is 7.32. The summed E-state index contributed by atoms with van der Waals surface area (Å²) in [6, 6.07) is 3.62. The molecular weight excluding hydrogens is 230 g/mol. The Bertz CT molecular complexity index is 457. The lowest BCUT2D eigenvalue weighted by molar-refractivity contribution is -0.352. The van der Waals surface area contributed by atoms with Gasteiger partial charge >= 0.3 is 0 Å². The molecule has 7 heteroatoms. The molecule has 0 atom stereocenters. The summed E-state index contributed by atoms with van der Waals surface area (Å²) in [4.78, 5) is -0.434. The fourth-order valence-electron chi connectivity index (χ4n) is 0.795. The van der Waals surface area contributed by atoms with E-state index in [1.54, 1.807) is 6.08 Å². The first-order valence-electron chi connectivity index (χ1n) is 4.34. The number of benzene rings is 1. The van der Waals surface area contributed by atoms with Crippen molar-refractivity contribution in [3.8, 4) is 0 Å². The van der Waals surface area contributed by atoms with Crippen LogP contribution in [0.5, 0.6) is 0 Å². The van der Waals surface area contributed by atoms with Crippen molar-refractivity contribution in [2.45, 2.75) is 4.90 Å². The predicted molar refractivity (Wildman–Crippen MR) is 61.2 cm³/mol. The first-order valence-corrected chi connectivity index (χ1v) is 5.74. The van der Waals surface area contributed by atoms with Gasteiger partial charge in [0.05, 0.1) is 17.1 Å². The molecule has 0 spiro atoms. The molecule has 0 aromatic heterocycles. The van der Waals surface area contributed by atoms with E-state index in [-0.39, 0.29) is 5.69 Å². The van der Waals surface area contributed by atoms with Crippen LogP contribution in [0, 0.1) is 0 Å². The molecular formula is C9H15N3O3S. The fraction of sp³-hybridized carbons (Fsp3) is 0.111. The van der Waals surface area contributed by atoms with E-state index >= 15 is 0 Å². The van der Waals surface area contributed by atoms with E-state index in [0.717, 1.165) is 12.6 Å². The third-order valence-electron chi connectivity index (χ3n) is 1.51. The summed E-state index contributed by atoms with van der Waals surface area (Å²) in [5.74, 6) is 0. The molecule has 0 aliphatic heterocycles. The van der Waals surface area contributed by atoms with Gasteiger partial charge in [-0.1, -0.05) is 6.58 Å². The summed E-state index contributed by atoms with van der Waals surface area (Å²) >= 11 is 0. The van der Waals surface area contributed by atoms with Gasteiger partial charge in [0.2, 0.25) is 0 Å². The van der Waals surface area contributed by atoms with Crippen LogP contribution in [0.25, 0.3) is 0 Å². The molecule has 0 fully saturated rings. The van der Waals surface area contributed by atoms with Crippen LogP contribution < -0.4 is 17.2 Å². The number of nitrogens with two attached hydrogens (primary N) is 2. The van der Waals surface area contributed by atoms with Gasteiger partial charge in [-0.2, -0.15) is 0 Å². The number of quaternary nitrogens is 1. The number of rotatable bonds is 2. The molecule has 1 aromatic carbocycles. The fourth-order valence-corrected chi connectivity index (χ4v) is 1.38. The monoisotopic (exact) mass is 245 g/mol. The normalized spacial score (nSPS) is 10.1. The molecule has 0 radical (unpaired) electrons. The van der Waals surface area contributed by atoms with Crippen molar-refractivity contribution in [3.05, 3.63) is 30.9 Å². The highest BCUT2D eigenvalue weighted by atomic mass is 32.2. The van der Waals surface area contributed by atoms with Gasteiger partial charge in [-0.25, -0.2) is 8.42 Å². The van der Waals surface area contributed by atoms with Crippen LogP contribution in [-0.4, -0.2) is 19.5 Å². The zero-order chi connectivity index (χ0) is 12.8. The molecule has 0 unspecified atom stereocenters. The van der Waals surface area contributed by atoms with Crippen LogP contribution >= 0.6 is 0 Å². The maximum atomic E-state index is 10.5. The highest BCUT2D eigenvalue weighted by molar-refractivity contribution is 7.86. The van der Waals surface area contributed by atoms with Crippen LogP contribution in [0.3, 0.4) is 0 Å². The molecule has 90 valence electrons. The summed E-state index contributed by atoms with van der Waals surface area (Å²) in [6.07, 6.45) is 1.76. The van der Waals surface area contributed by atoms with E-state index in [2.05, 4.69) is 12.3 Å². The van der Waals surface area contributed by atoms with Crippen molar-refractivity contribution in [1.82, 2.24) is 0 Å². The van der Waals surface area contributed by atoms with E-state index in [0.29, 0.717) is 5.69 Å². The summed E-state index contributed by atoms with van der Waals surface area (Å²) in [6.45, 7) is 4.25. The molecule has 6 nitrogen and oxygen atoms in total. The Morgan fingerprint density at radius 1 is 1.44 bits per heavy atom. The van der Waals surface area contributed by atoms with Crippen LogP contribution in [0.1, 0.15) is 0 Å². The topological polar surface area (TPSA) is 137 Å². The molecule has 1 rings (SSSR count). The maximum Gasteiger partial charge on any atom is 0.126 e. The number of nitrogen functional groups attached to an aromatic ring is 2. The summed E-state index contributed by atoms with van der Waals surface area (Å²) in [7, 11) is -4.48. The molecule has 1 aromatic rings. The van der Waals surface area contributed by atoms with Crippen molar-refractivity contribution in [3.63, 3.8) is 0 Å². The molecule has 7 N–H and O–H groups in total. The van der Waals surface area contributed by atoms with E-state index in [1.165, 1.54) is 12.1 Å². The number of hydrogen-bond donors (Lipinski definition) is 3. The minimum absolute atomic E-state index is 0.120. The van der Waals surface area contributed by atoms with E-state index in [1.807, 2.05) is 0 Å². The molecule has 0 amide bonds. The van der Waals surface area contributed by atoms with Crippen molar-refractivity contribution in [2.75, 3.05) is 18.0 Å². The quantitative estimate of drug-likeness (QED) is 0.355. The minimum atomic E-state index is -4.48. The van der Waals surface area contributed by atoms with Gasteiger partial charge in [-0.15, -0.1) is 0 Å². The SMILES string of the molecule is C=CC[NH3+].Nc1ccc(S(=O)(=O)[O-])c(N)c1. The predicted octanol–water partition coefficient (Wildman–Crippen LogP) is -0.831. The van der Waals surface area contributed by atoms with Crippen LogP contribution in [0.15, 0.2) is 35.7 Å². The second-order valence-corrected chi connectivity index (χ2v) is 4.18. The maximum absolute atomic E-state index is 10.5. The van der Waals surface area contributed by atoms with Crippen molar-refractivity contribution in [1.29, 1.82) is 0 Å². The Hall–Kier alpha value is -1.57. The molecule has 0 saturated carbocycles. The summed E-state index contributed by atoms with van der Waals surface area (Å²) in [5, 5.41) is 0. The minimum Gasteiger partial charge on any atom is -0.744 e. The van der Waals surface area contributed by atoms with Crippen LogP contribution in [0.2, 0.25) is 0 Å². The molecule has 16 heavy (non-hydrogen) atoms. The smallest absolute Gasteiger partial charge is 0.126 e. The van der Waals surface area contributed by atoms with Crippen molar-refractivity contribution >= 4 is 21.5 Å². The Labute approximate surface area is 94.5 Å². The van der Waals surface area contributed by atoms with E-state index in [9.17, 15) is 13.0 Å². The van der Waals surface area contributed by atoms with Crippen LogP contribution in [0.4, 0.5) is 11.4 Å². The highest BCUT2D eigenvalue weighted by Crippen LogP contribution is 2.19. The zero-order valence-electron chi connectivity index (χ0n) is 8.72. The summed E-state index contributed by atoms with van der Waals surface area (Å²) in [5.41, 5.74) is 14.2. The Morgan fingerprint density at radius 3 is 2.25 bits per heavy atom. The lowest BCUT2D eigenvalue weighted by Crippen LogP contribution is -2.48. The van der Waals surface area contributed by atoms with Gasteiger partial charge < -0.3 is 21.8 Å². The van der Waals surface area contributed by atoms with Gasteiger partial charge in [0.25, 0.3) is 0 Å². The average Bonchev–Trinajstić information content (AvgIpc) is 2.16. The highest BCUT2D eigenvalue weighted by Gasteiger charge is 2.05. The van der Waals surface area contributed by atoms with Crippen LogP contribution in [-0.2, 0) is 10.1 Å². The second kappa shape index (κ2) is 6.11.